The summed E-state index contributed by atoms with van der Waals surface area (Å²) in [6, 6.07) is 8.15. The maximum atomic E-state index is 14.2. The van der Waals surface area contributed by atoms with Gasteiger partial charge in [0.1, 0.15) is 35.8 Å². The Morgan fingerprint density at radius 3 is 1.04 bits per heavy atom. The normalized spacial score (nSPS) is 19.5. The number of carboxylic acid groups (broad SMARTS) is 6. The molecule has 2 aromatic heterocycles. The summed E-state index contributed by atoms with van der Waals surface area (Å²) in [5.74, 6) is -4.73. The molecule has 6 heterocycles. The van der Waals surface area contributed by atoms with Crippen molar-refractivity contribution in [2.75, 3.05) is 99.8 Å². The molecule has 112 heavy (non-hydrogen) atoms. The fourth-order valence-corrected chi connectivity index (χ4v) is 16.2. The molecule has 0 bridgehead atoms. The molecule has 0 atom stereocenters. The van der Waals surface area contributed by atoms with Crippen LogP contribution in [0.25, 0.3) is 0 Å². The van der Waals surface area contributed by atoms with Crippen LogP contribution in [0.3, 0.4) is 0 Å². The Kier molecular flexibility index (Phi) is 34.9. The number of nitrogens with one attached hydrogen (secondary N) is 2. The Bertz CT molecular complexity index is 3840. The van der Waals surface area contributed by atoms with Crippen LogP contribution in [0, 0.1) is 34.3 Å². The molecule has 32 nitrogen and oxygen atoms in total. The Hall–Kier alpha value is -9.62. The summed E-state index contributed by atoms with van der Waals surface area (Å²) < 4.78 is 94.3. The fourth-order valence-electron chi connectivity index (χ4n) is 14.4. The molecule has 36 heteroatoms. The van der Waals surface area contributed by atoms with E-state index in [1.165, 1.54) is 49.1 Å². The van der Waals surface area contributed by atoms with Gasteiger partial charge in [-0.2, -0.15) is 0 Å². The summed E-state index contributed by atoms with van der Waals surface area (Å²) in [6.07, 6.45) is 22.0. The molecule has 4 aromatic rings. The van der Waals surface area contributed by atoms with Crippen LogP contribution in [-0.2, 0) is 48.8 Å². The SMILES string of the molecule is CCN(C(=O)c1cc(F)ccc1Oc1cncnc1N1CC2(CCN(CC3CCC(NS(=O)(=O)CC)CC3)CC2)C1)C(C)C.CCN(C(=O)c1cc(F)ccc1Oc1cncnc1N1CC2(CCN(CC3CCC(NS(=O)(=O)CC)CC3)CC2)C1)C(C)C.O=C(O)/C=C/C(=O)O.O=C(O)/C=C/C(=O)O.O=C(O)/C=C/C(=O)O. The van der Waals surface area contributed by atoms with Crippen LogP contribution >= 0.6 is 0 Å². The van der Waals surface area contributed by atoms with E-state index in [2.05, 4.69) is 49.0 Å². The van der Waals surface area contributed by atoms with Crippen molar-refractivity contribution < 1.29 is 104 Å². The number of likely N-dealkylation sites (tertiary alicyclic amines) is 2. The third-order valence-corrected chi connectivity index (χ3v) is 23.3. The monoisotopic (exact) mass is 1610 g/mol. The standard InChI is InChI=1S/2C32H47FN6O4S.3C4H4O4/c2*1-5-39(23(3)4)31(40)27-17-25(33)9-12-28(27)43-29-18-34-22-35-30(29)38-20-32(21-38)13-15-37(16-14-32)19-24-7-10-26(11-8-24)36-44(41,42)6-2;3*5-3(6)1-2-4(7)8/h2*9,12,17-18,22-24,26,36H,5-8,10-11,13-16,19-21H2,1-4H3;3*1-2H,(H,5,6)(H,7,8)/b;;3*2-1+. The van der Waals surface area contributed by atoms with Crippen molar-refractivity contribution >= 4 is 79.3 Å². The van der Waals surface area contributed by atoms with Crippen molar-refractivity contribution in [3.63, 3.8) is 0 Å². The van der Waals surface area contributed by atoms with Crippen LogP contribution in [0.5, 0.6) is 23.0 Å². The molecule has 0 unspecified atom stereocenters. The minimum absolute atomic E-state index is 0.0352. The lowest BCUT2D eigenvalue weighted by Crippen LogP contribution is -2.61. The molecule has 2 saturated carbocycles. The van der Waals surface area contributed by atoms with Crippen LogP contribution in [-0.4, -0.2) is 249 Å². The Balaban J connectivity index is 0.000000270. The molecule has 0 radical (unpaired) electrons. The molecule has 2 aliphatic carbocycles. The number of ether oxygens (including phenoxy) is 2. The van der Waals surface area contributed by atoms with Crippen molar-refractivity contribution in [3.05, 3.63) is 121 Å². The van der Waals surface area contributed by atoms with E-state index in [4.69, 9.17) is 40.1 Å². The van der Waals surface area contributed by atoms with Gasteiger partial charge in [0.05, 0.1) is 35.0 Å². The molecule has 10 rings (SSSR count). The lowest BCUT2D eigenvalue weighted by molar-refractivity contribution is -0.134. The van der Waals surface area contributed by atoms with Gasteiger partial charge in [-0.15, -0.1) is 0 Å². The lowest BCUT2D eigenvalue weighted by Gasteiger charge is -2.54. The van der Waals surface area contributed by atoms with Crippen molar-refractivity contribution in [3.8, 4) is 23.0 Å². The van der Waals surface area contributed by atoms with Gasteiger partial charge in [0.25, 0.3) is 11.8 Å². The number of carboxylic acids is 6. The summed E-state index contributed by atoms with van der Waals surface area (Å²) in [4.78, 5) is 114. The predicted octanol–water partition coefficient (Wildman–Crippen LogP) is 8.49. The summed E-state index contributed by atoms with van der Waals surface area (Å²) in [6.45, 7) is 25.8. The number of benzene rings is 2. The van der Waals surface area contributed by atoms with E-state index in [0.717, 1.165) is 142 Å². The maximum Gasteiger partial charge on any atom is 0.328 e. The van der Waals surface area contributed by atoms with E-state index in [9.17, 15) is 64.0 Å². The average molecular weight is 1610 g/mol. The van der Waals surface area contributed by atoms with Crippen LogP contribution in [0.2, 0.25) is 0 Å². The molecule has 6 fully saturated rings. The number of piperidine rings is 2. The fraction of sp³-hybridized carbons (Fsp3) is 0.553. The number of amides is 2. The van der Waals surface area contributed by atoms with Crippen molar-refractivity contribution in [1.82, 2.24) is 49.0 Å². The quantitative estimate of drug-likeness (QED) is 0.0247. The first-order valence-corrected chi connectivity index (χ1v) is 40.7. The highest BCUT2D eigenvalue weighted by molar-refractivity contribution is 7.89. The predicted molar refractivity (Wildman–Crippen MR) is 411 cm³/mol. The number of carbonyl (C=O) groups is 8. The molecular formula is C76H106F2N12O20S2. The van der Waals surface area contributed by atoms with Gasteiger partial charge < -0.3 is 69.5 Å². The smallest absolute Gasteiger partial charge is 0.328 e. The Morgan fingerprint density at radius 2 is 0.786 bits per heavy atom. The van der Waals surface area contributed by atoms with E-state index in [1.807, 2.05) is 41.5 Å². The van der Waals surface area contributed by atoms with E-state index < -0.39 is 67.5 Å². The number of rotatable bonds is 28. The lowest BCUT2D eigenvalue weighted by atomic mass is 9.71. The Morgan fingerprint density at radius 1 is 0.491 bits per heavy atom. The number of hydrogen-bond donors (Lipinski definition) is 8. The molecule has 2 amide bonds. The van der Waals surface area contributed by atoms with Crippen LogP contribution in [0.4, 0.5) is 20.4 Å². The van der Waals surface area contributed by atoms with Crippen molar-refractivity contribution in [2.45, 2.75) is 157 Å². The number of halogens is 2. The highest BCUT2D eigenvalue weighted by Gasteiger charge is 2.48. The molecule has 2 spiro atoms. The second kappa shape index (κ2) is 42.9. The molecule has 616 valence electrons. The number of anilines is 2. The average Bonchev–Trinajstić information content (AvgIpc) is 0.757. The second-order valence-electron chi connectivity index (χ2n) is 29.1. The van der Waals surface area contributed by atoms with Gasteiger partial charge in [0.15, 0.2) is 23.1 Å². The van der Waals surface area contributed by atoms with Crippen LogP contribution < -0.4 is 28.7 Å². The van der Waals surface area contributed by atoms with E-state index in [1.54, 1.807) is 36.0 Å². The summed E-state index contributed by atoms with van der Waals surface area (Å²) >= 11 is 0. The number of hydrogen-bond acceptors (Lipinski definition) is 22. The number of nitrogens with zero attached hydrogens (tertiary/aromatic N) is 10. The highest BCUT2D eigenvalue weighted by Crippen LogP contribution is 2.47. The molecule has 4 aliphatic heterocycles. The summed E-state index contributed by atoms with van der Waals surface area (Å²) in [5.41, 5.74) is 0.840. The summed E-state index contributed by atoms with van der Waals surface area (Å²) in [7, 11) is -6.28. The third kappa shape index (κ3) is 28.8. The second-order valence-corrected chi connectivity index (χ2v) is 33.2. The van der Waals surface area contributed by atoms with Crippen molar-refractivity contribution in [2.24, 2.45) is 22.7 Å². The van der Waals surface area contributed by atoms with Gasteiger partial charge in [0, 0.05) is 124 Å². The highest BCUT2D eigenvalue weighted by atomic mass is 32.2. The third-order valence-electron chi connectivity index (χ3n) is 20.4. The van der Waals surface area contributed by atoms with Gasteiger partial charge in [-0.05, 0) is 207 Å². The van der Waals surface area contributed by atoms with Crippen molar-refractivity contribution in [1.29, 1.82) is 0 Å². The molecule has 4 saturated heterocycles. The van der Waals surface area contributed by atoms with Gasteiger partial charge in [-0.25, -0.2) is 83.8 Å². The van der Waals surface area contributed by atoms with E-state index in [0.29, 0.717) is 84.5 Å². The Labute approximate surface area is 652 Å². The van der Waals surface area contributed by atoms with Gasteiger partial charge >= 0.3 is 35.8 Å². The van der Waals surface area contributed by atoms with Crippen LogP contribution in [0.15, 0.2) is 97.9 Å². The first kappa shape index (κ1) is 91.3. The number of sulfonamides is 2. The zero-order valence-electron chi connectivity index (χ0n) is 64.5. The molecule has 8 N–H and O–H groups in total. The zero-order valence-corrected chi connectivity index (χ0v) is 66.2. The first-order valence-electron chi connectivity index (χ1n) is 37.4. The summed E-state index contributed by atoms with van der Waals surface area (Å²) in [5, 5.41) is 46.9. The first-order chi connectivity index (χ1) is 52.9. The molecule has 2 aromatic carbocycles. The van der Waals surface area contributed by atoms with E-state index >= 15 is 0 Å². The van der Waals surface area contributed by atoms with Crippen LogP contribution in [0.1, 0.15) is 153 Å². The van der Waals surface area contributed by atoms with E-state index in [-0.39, 0.29) is 80.9 Å². The minimum Gasteiger partial charge on any atom is -0.478 e. The molecule has 6 aliphatic rings. The zero-order chi connectivity index (χ0) is 82.7. The molecular weight excluding hydrogens is 1500 g/mol. The largest absolute Gasteiger partial charge is 0.478 e. The number of aliphatic carboxylic acids is 6. The number of aromatic nitrogens is 4. The maximum absolute atomic E-state index is 14.2. The minimum atomic E-state index is -3.14. The van der Waals surface area contributed by atoms with Gasteiger partial charge in [0.2, 0.25) is 20.0 Å². The number of carbonyl (C=O) groups excluding carboxylic acids is 2. The van der Waals surface area contributed by atoms with Gasteiger partial charge in [-0.3, -0.25) is 9.59 Å². The van der Waals surface area contributed by atoms with Gasteiger partial charge in [-0.1, -0.05) is 0 Å². The topological polar surface area (TPSA) is 440 Å².